The third kappa shape index (κ3) is 5.50. The number of halogens is 2. The van der Waals surface area contributed by atoms with Crippen LogP contribution in [0.3, 0.4) is 0 Å². The van der Waals surface area contributed by atoms with E-state index in [1.165, 1.54) is 50.9 Å². The van der Waals surface area contributed by atoms with E-state index in [1.807, 2.05) is 6.07 Å². The molecule has 0 N–H and O–H groups in total. The smallest absolute Gasteiger partial charge is 0.266 e. The summed E-state index contributed by atoms with van der Waals surface area (Å²) in [7, 11) is -1.25. The summed E-state index contributed by atoms with van der Waals surface area (Å²) in [5, 5.41) is 9.73. The van der Waals surface area contributed by atoms with E-state index >= 15 is 0 Å². The summed E-state index contributed by atoms with van der Waals surface area (Å²) in [6, 6.07) is 13.3. The molecule has 3 aromatic carbocycles. The molecule has 1 aromatic heterocycles. The Labute approximate surface area is 227 Å². The molecule has 0 saturated carbocycles. The van der Waals surface area contributed by atoms with Crippen LogP contribution in [-0.4, -0.2) is 32.0 Å². The molecule has 38 heavy (non-hydrogen) atoms. The van der Waals surface area contributed by atoms with Crippen molar-refractivity contribution in [3.8, 4) is 29.1 Å². The van der Waals surface area contributed by atoms with Crippen molar-refractivity contribution >= 4 is 38.3 Å². The molecule has 0 aliphatic heterocycles. The zero-order chi connectivity index (χ0) is 27.4. The van der Waals surface area contributed by atoms with Crippen molar-refractivity contribution in [2.24, 2.45) is 0 Å². The van der Waals surface area contributed by atoms with Gasteiger partial charge in [-0.25, -0.2) is 22.1 Å². The highest BCUT2D eigenvalue weighted by atomic mass is 35.5. The van der Waals surface area contributed by atoms with Gasteiger partial charge in [0.15, 0.2) is 0 Å². The van der Waals surface area contributed by atoms with Crippen molar-refractivity contribution < 1.29 is 27.0 Å². The maximum absolute atomic E-state index is 13.8. The SMILES string of the molecule is COc1ccc(CN(c2ncns2)S(=O)(=O)c2ccc(Oc3cc(Cl)c(F)cc3C)c(C#N)c2)c(OC)c1. The van der Waals surface area contributed by atoms with Crippen LogP contribution in [0.4, 0.5) is 9.52 Å². The Kier molecular flexibility index (Phi) is 8.01. The lowest BCUT2D eigenvalue weighted by atomic mass is 10.2. The van der Waals surface area contributed by atoms with Crippen LogP contribution in [-0.2, 0) is 16.6 Å². The summed E-state index contributed by atoms with van der Waals surface area (Å²) in [4.78, 5) is 3.92. The molecule has 0 atom stereocenters. The fourth-order valence-electron chi connectivity index (χ4n) is 3.50. The minimum Gasteiger partial charge on any atom is -0.497 e. The van der Waals surface area contributed by atoms with Crippen LogP contribution in [0.1, 0.15) is 16.7 Å². The van der Waals surface area contributed by atoms with E-state index < -0.39 is 15.8 Å². The van der Waals surface area contributed by atoms with Gasteiger partial charge < -0.3 is 14.2 Å². The number of benzene rings is 3. The Balaban J connectivity index is 1.73. The van der Waals surface area contributed by atoms with E-state index in [1.54, 1.807) is 25.1 Å². The first-order valence-electron chi connectivity index (χ1n) is 10.9. The van der Waals surface area contributed by atoms with E-state index in [9.17, 15) is 18.1 Å². The second-order valence-corrected chi connectivity index (χ2v) is 10.8. The molecule has 196 valence electrons. The van der Waals surface area contributed by atoms with Crippen LogP contribution in [0.15, 0.2) is 59.8 Å². The molecule has 9 nitrogen and oxygen atoms in total. The minimum absolute atomic E-state index is 0.0508. The summed E-state index contributed by atoms with van der Waals surface area (Å²) in [5.41, 5.74) is 0.949. The van der Waals surface area contributed by atoms with E-state index in [0.29, 0.717) is 22.6 Å². The van der Waals surface area contributed by atoms with Gasteiger partial charge in [0.2, 0.25) is 5.13 Å². The Bertz CT molecular complexity index is 1630. The van der Waals surface area contributed by atoms with Crippen molar-refractivity contribution in [1.29, 1.82) is 5.26 Å². The first kappa shape index (κ1) is 27.1. The van der Waals surface area contributed by atoms with Gasteiger partial charge in [-0.15, -0.1) is 0 Å². The molecule has 0 bridgehead atoms. The Morgan fingerprint density at radius 2 is 1.87 bits per heavy atom. The fraction of sp³-hybridized carbons (Fsp3) is 0.160. The lowest BCUT2D eigenvalue weighted by Gasteiger charge is -2.23. The molecular formula is C25H20ClFN4O5S2. The van der Waals surface area contributed by atoms with E-state index in [-0.39, 0.29) is 38.7 Å². The van der Waals surface area contributed by atoms with Gasteiger partial charge in [-0.2, -0.15) is 9.64 Å². The molecule has 0 amide bonds. The van der Waals surface area contributed by atoms with Crippen LogP contribution < -0.4 is 18.5 Å². The minimum atomic E-state index is -4.23. The summed E-state index contributed by atoms with van der Waals surface area (Å²) >= 11 is 6.77. The summed E-state index contributed by atoms with van der Waals surface area (Å²) < 4.78 is 62.8. The molecule has 13 heteroatoms. The van der Waals surface area contributed by atoms with Crippen molar-refractivity contribution in [3.05, 3.63) is 82.4 Å². The van der Waals surface area contributed by atoms with E-state index in [2.05, 4.69) is 9.36 Å². The maximum Gasteiger partial charge on any atom is 0.266 e. The van der Waals surface area contributed by atoms with Gasteiger partial charge >= 0.3 is 0 Å². The number of sulfonamides is 1. The zero-order valence-electron chi connectivity index (χ0n) is 20.3. The predicted molar refractivity (Wildman–Crippen MR) is 140 cm³/mol. The number of aryl methyl sites for hydroxylation is 1. The molecule has 4 rings (SSSR count). The zero-order valence-corrected chi connectivity index (χ0v) is 22.7. The van der Waals surface area contributed by atoms with Crippen LogP contribution in [0.5, 0.6) is 23.0 Å². The standard InChI is InChI=1S/C25H20ClFN4O5S2/c1-15-8-21(27)20(26)11-23(15)36-22-7-6-19(9-17(22)12-28)38(32,33)31(25-29-14-30-37-25)13-16-4-5-18(34-2)10-24(16)35-3/h4-11,14H,13H2,1-3H3. The van der Waals surface area contributed by atoms with Gasteiger partial charge in [0.1, 0.15) is 41.2 Å². The Morgan fingerprint density at radius 1 is 1.08 bits per heavy atom. The number of methoxy groups -OCH3 is 2. The molecule has 0 radical (unpaired) electrons. The van der Waals surface area contributed by atoms with Crippen LogP contribution in [0.2, 0.25) is 5.02 Å². The lowest BCUT2D eigenvalue weighted by molar-refractivity contribution is 0.391. The number of aromatic nitrogens is 2. The highest BCUT2D eigenvalue weighted by molar-refractivity contribution is 7.93. The molecule has 0 saturated heterocycles. The summed E-state index contributed by atoms with van der Waals surface area (Å²) in [5.74, 6) is 0.664. The molecular weight excluding hydrogens is 555 g/mol. The van der Waals surface area contributed by atoms with Gasteiger partial charge in [0.25, 0.3) is 10.0 Å². The third-order valence-corrected chi connectivity index (χ3v) is 8.29. The highest BCUT2D eigenvalue weighted by Crippen LogP contribution is 2.35. The third-order valence-electron chi connectivity index (χ3n) is 5.47. The Hall–Kier alpha value is -3.92. The van der Waals surface area contributed by atoms with E-state index in [0.717, 1.165) is 15.8 Å². The van der Waals surface area contributed by atoms with Gasteiger partial charge in [-0.3, -0.25) is 0 Å². The normalized spacial score (nSPS) is 11.1. The largest absolute Gasteiger partial charge is 0.497 e. The monoisotopic (exact) mass is 574 g/mol. The quantitative estimate of drug-likeness (QED) is 0.249. The van der Waals surface area contributed by atoms with Gasteiger partial charge in [0, 0.05) is 29.2 Å². The molecule has 0 aliphatic rings. The average molecular weight is 575 g/mol. The van der Waals surface area contributed by atoms with Gasteiger partial charge in [0.05, 0.1) is 36.2 Å². The first-order valence-corrected chi connectivity index (χ1v) is 13.4. The molecule has 0 unspecified atom stereocenters. The number of ether oxygens (including phenoxy) is 3. The number of rotatable bonds is 9. The predicted octanol–water partition coefficient (Wildman–Crippen LogP) is 5.72. The number of nitriles is 1. The molecule has 0 spiro atoms. The number of anilines is 1. The number of hydrogen-bond acceptors (Lipinski definition) is 9. The lowest BCUT2D eigenvalue weighted by Crippen LogP contribution is -2.30. The number of nitrogens with zero attached hydrogens (tertiary/aromatic N) is 4. The van der Waals surface area contributed by atoms with Crippen LogP contribution in [0.25, 0.3) is 0 Å². The average Bonchev–Trinajstić information content (AvgIpc) is 3.44. The first-order chi connectivity index (χ1) is 18.2. The summed E-state index contributed by atoms with van der Waals surface area (Å²) in [6.45, 7) is 1.49. The van der Waals surface area contributed by atoms with Gasteiger partial charge in [-0.1, -0.05) is 11.6 Å². The molecule has 0 aliphatic carbocycles. The second-order valence-electron chi connectivity index (χ2n) is 7.82. The molecule has 0 fully saturated rings. The van der Waals surface area contributed by atoms with Gasteiger partial charge in [-0.05, 0) is 48.9 Å². The van der Waals surface area contributed by atoms with Crippen molar-refractivity contribution in [2.75, 3.05) is 18.5 Å². The topological polar surface area (TPSA) is 115 Å². The van der Waals surface area contributed by atoms with E-state index in [4.69, 9.17) is 25.8 Å². The van der Waals surface area contributed by atoms with Crippen LogP contribution >= 0.6 is 23.1 Å². The van der Waals surface area contributed by atoms with Crippen molar-refractivity contribution in [1.82, 2.24) is 9.36 Å². The molecule has 4 aromatic rings. The highest BCUT2D eigenvalue weighted by Gasteiger charge is 2.29. The number of hydrogen-bond donors (Lipinski definition) is 0. The molecule has 1 heterocycles. The van der Waals surface area contributed by atoms with Crippen molar-refractivity contribution in [3.63, 3.8) is 0 Å². The Morgan fingerprint density at radius 3 is 2.53 bits per heavy atom. The maximum atomic E-state index is 13.8. The fourth-order valence-corrected chi connectivity index (χ4v) is 5.81. The van der Waals surface area contributed by atoms with Crippen LogP contribution in [0, 0.1) is 24.1 Å². The van der Waals surface area contributed by atoms with Crippen molar-refractivity contribution in [2.45, 2.75) is 18.4 Å². The second kappa shape index (κ2) is 11.2. The summed E-state index contributed by atoms with van der Waals surface area (Å²) in [6.07, 6.45) is 1.25.